The SMILES string of the molecule is CC.COC(=O)c1cc(CO)nc(C(=O)OC)c1. The van der Waals surface area contributed by atoms with Gasteiger partial charge in [0.25, 0.3) is 0 Å². The number of carbonyl (C=O) groups excluding carboxylic acids is 2. The Balaban J connectivity index is 0.00000137. The zero-order chi connectivity index (χ0) is 14.1. The number of aliphatic hydroxyl groups excluding tert-OH is 1. The van der Waals surface area contributed by atoms with Gasteiger partial charge in [0.05, 0.1) is 32.1 Å². The van der Waals surface area contributed by atoms with Crippen LogP contribution >= 0.6 is 0 Å². The van der Waals surface area contributed by atoms with E-state index in [1.54, 1.807) is 0 Å². The third-order valence-electron chi connectivity index (χ3n) is 1.86. The molecular weight excluding hydrogens is 238 g/mol. The van der Waals surface area contributed by atoms with E-state index in [9.17, 15) is 9.59 Å². The highest BCUT2D eigenvalue weighted by Gasteiger charge is 2.14. The van der Waals surface area contributed by atoms with Crippen LogP contribution in [0.2, 0.25) is 0 Å². The van der Waals surface area contributed by atoms with Crippen molar-refractivity contribution in [2.45, 2.75) is 20.5 Å². The van der Waals surface area contributed by atoms with Crippen molar-refractivity contribution in [1.82, 2.24) is 4.98 Å². The van der Waals surface area contributed by atoms with Gasteiger partial charge in [0.15, 0.2) is 0 Å². The molecule has 0 atom stereocenters. The van der Waals surface area contributed by atoms with Crippen LogP contribution in [0.3, 0.4) is 0 Å². The van der Waals surface area contributed by atoms with E-state index in [4.69, 9.17) is 5.11 Å². The van der Waals surface area contributed by atoms with E-state index >= 15 is 0 Å². The molecular formula is C12H17NO5. The molecule has 0 saturated carbocycles. The van der Waals surface area contributed by atoms with Crippen LogP contribution in [-0.4, -0.2) is 36.2 Å². The number of hydrogen-bond donors (Lipinski definition) is 1. The van der Waals surface area contributed by atoms with Crippen molar-refractivity contribution in [2.75, 3.05) is 14.2 Å². The molecule has 0 aliphatic heterocycles. The van der Waals surface area contributed by atoms with E-state index in [1.807, 2.05) is 13.8 Å². The molecule has 1 aromatic rings. The first kappa shape index (κ1) is 16.1. The minimum absolute atomic E-state index is 0.0468. The Labute approximate surface area is 106 Å². The summed E-state index contributed by atoms with van der Waals surface area (Å²) >= 11 is 0. The third kappa shape index (κ3) is 4.14. The van der Waals surface area contributed by atoms with Crippen LogP contribution in [0.15, 0.2) is 12.1 Å². The number of carbonyl (C=O) groups is 2. The molecule has 6 heteroatoms. The van der Waals surface area contributed by atoms with Crippen molar-refractivity contribution >= 4 is 11.9 Å². The third-order valence-corrected chi connectivity index (χ3v) is 1.86. The van der Waals surface area contributed by atoms with Crippen LogP contribution in [0.5, 0.6) is 0 Å². The number of aromatic nitrogens is 1. The Bertz CT molecular complexity index is 383. The molecule has 0 bridgehead atoms. The predicted molar refractivity (Wildman–Crippen MR) is 64.2 cm³/mol. The Hall–Kier alpha value is -1.95. The molecule has 100 valence electrons. The van der Waals surface area contributed by atoms with E-state index < -0.39 is 11.9 Å². The normalized spacial score (nSPS) is 8.94. The molecule has 0 aromatic carbocycles. The lowest BCUT2D eigenvalue weighted by Gasteiger charge is -2.04. The van der Waals surface area contributed by atoms with E-state index in [0.29, 0.717) is 0 Å². The molecule has 0 saturated heterocycles. The van der Waals surface area contributed by atoms with Gasteiger partial charge in [-0.1, -0.05) is 13.8 Å². The van der Waals surface area contributed by atoms with Gasteiger partial charge in [0.2, 0.25) is 0 Å². The molecule has 1 heterocycles. The highest BCUT2D eigenvalue weighted by molar-refractivity contribution is 5.94. The Morgan fingerprint density at radius 3 is 2.17 bits per heavy atom. The Morgan fingerprint density at radius 2 is 1.72 bits per heavy atom. The van der Waals surface area contributed by atoms with Crippen molar-refractivity contribution in [3.63, 3.8) is 0 Å². The summed E-state index contributed by atoms with van der Waals surface area (Å²) in [7, 11) is 2.42. The van der Waals surface area contributed by atoms with Crippen LogP contribution in [0.25, 0.3) is 0 Å². The van der Waals surface area contributed by atoms with Crippen LogP contribution in [0.4, 0.5) is 0 Å². The number of aliphatic hydroxyl groups is 1. The van der Waals surface area contributed by atoms with Gasteiger partial charge in [-0.25, -0.2) is 14.6 Å². The summed E-state index contributed by atoms with van der Waals surface area (Å²) in [5, 5.41) is 8.93. The Kier molecular flexibility index (Phi) is 7.30. The van der Waals surface area contributed by atoms with Crippen LogP contribution in [0.1, 0.15) is 40.4 Å². The zero-order valence-electron chi connectivity index (χ0n) is 10.9. The first-order valence-corrected chi connectivity index (χ1v) is 5.40. The summed E-state index contributed by atoms with van der Waals surface area (Å²) in [5.74, 6) is -1.29. The maximum absolute atomic E-state index is 11.3. The smallest absolute Gasteiger partial charge is 0.356 e. The van der Waals surface area contributed by atoms with Gasteiger partial charge < -0.3 is 14.6 Å². The summed E-state index contributed by atoms with van der Waals surface area (Å²) < 4.78 is 8.97. The van der Waals surface area contributed by atoms with Crippen LogP contribution in [0, 0.1) is 0 Å². The van der Waals surface area contributed by atoms with E-state index in [-0.39, 0.29) is 23.6 Å². The summed E-state index contributed by atoms with van der Waals surface area (Å²) in [4.78, 5) is 26.3. The summed E-state index contributed by atoms with van der Waals surface area (Å²) in [6.07, 6.45) is 0. The maximum atomic E-state index is 11.3. The van der Waals surface area contributed by atoms with Crippen LogP contribution < -0.4 is 0 Å². The predicted octanol–water partition coefficient (Wildman–Crippen LogP) is 1.17. The number of hydrogen-bond acceptors (Lipinski definition) is 6. The fourth-order valence-corrected chi connectivity index (χ4v) is 1.11. The van der Waals surface area contributed by atoms with Crippen molar-refractivity contribution in [3.8, 4) is 0 Å². The fourth-order valence-electron chi connectivity index (χ4n) is 1.11. The summed E-state index contributed by atoms with van der Waals surface area (Å²) in [6.45, 7) is 3.62. The molecule has 1 aromatic heterocycles. The largest absolute Gasteiger partial charge is 0.465 e. The highest BCUT2D eigenvalue weighted by atomic mass is 16.5. The molecule has 0 unspecified atom stereocenters. The molecule has 1 N–H and O–H groups in total. The van der Waals surface area contributed by atoms with E-state index in [2.05, 4.69) is 14.5 Å². The molecule has 0 aliphatic rings. The molecule has 0 amide bonds. The van der Waals surface area contributed by atoms with Crippen LogP contribution in [-0.2, 0) is 16.1 Å². The second kappa shape index (κ2) is 8.19. The lowest BCUT2D eigenvalue weighted by atomic mass is 10.2. The topological polar surface area (TPSA) is 85.7 Å². The van der Waals surface area contributed by atoms with Crippen molar-refractivity contribution < 1.29 is 24.2 Å². The lowest BCUT2D eigenvalue weighted by molar-refractivity contribution is 0.0592. The summed E-state index contributed by atoms with van der Waals surface area (Å²) in [5.41, 5.74) is 0.291. The molecule has 0 fully saturated rings. The summed E-state index contributed by atoms with van der Waals surface area (Å²) in [6, 6.07) is 2.59. The first-order chi connectivity index (χ1) is 8.62. The zero-order valence-corrected chi connectivity index (χ0v) is 10.9. The van der Waals surface area contributed by atoms with Gasteiger partial charge in [-0.15, -0.1) is 0 Å². The molecule has 0 spiro atoms. The monoisotopic (exact) mass is 255 g/mol. The number of ether oxygens (including phenoxy) is 2. The molecule has 6 nitrogen and oxygen atoms in total. The molecule has 1 rings (SSSR count). The second-order valence-electron chi connectivity index (χ2n) is 2.87. The van der Waals surface area contributed by atoms with E-state index in [1.165, 1.54) is 26.4 Å². The molecule has 0 radical (unpaired) electrons. The van der Waals surface area contributed by atoms with Gasteiger partial charge in [0, 0.05) is 0 Å². The fraction of sp³-hybridized carbons (Fsp3) is 0.417. The average molecular weight is 255 g/mol. The average Bonchev–Trinajstić information content (AvgIpc) is 2.46. The van der Waals surface area contributed by atoms with E-state index in [0.717, 1.165) is 0 Å². The van der Waals surface area contributed by atoms with Gasteiger partial charge >= 0.3 is 11.9 Å². The molecule has 0 aliphatic carbocycles. The van der Waals surface area contributed by atoms with Crippen molar-refractivity contribution in [2.24, 2.45) is 0 Å². The van der Waals surface area contributed by atoms with Gasteiger partial charge in [-0.2, -0.15) is 0 Å². The highest BCUT2D eigenvalue weighted by Crippen LogP contribution is 2.09. The minimum atomic E-state index is -0.680. The van der Waals surface area contributed by atoms with Crippen molar-refractivity contribution in [1.29, 1.82) is 0 Å². The number of rotatable bonds is 3. The van der Waals surface area contributed by atoms with Gasteiger partial charge in [-0.05, 0) is 12.1 Å². The van der Waals surface area contributed by atoms with Gasteiger partial charge in [0.1, 0.15) is 5.69 Å². The standard InChI is InChI=1S/C10H11NO5.C2H6/c1-15-9(13)6-3-7(5-12)11-8(4-6)10(14)16-2;1-2/h3-4,12H,5H2,1-2H3;1-2H3. The quantitative estimate of drug-likeness (QED) is 0.816. The lowest BCUT2D eigenvalue weighted by Crippen LogP contribution is -2.10. The van der Waals surface area contributed by atoms with Crippen molar-refractivity contribution in [3.05, 3.63) is 29.1 Å². The number of nitrogens with zero attached hydrogens (tertiary/aromatic N) is 1. The Morgan fingerprint density at radius 1 is 1.17 bits per heavy atom. The minimum Gasteiger partial charge on any atom is -0.465 e. The van der Waals surface area contributed by atoms with Gasteiger partial charge in [-0.3, -0.25) is 0 Å². The second-order valence-corrected chi connectivity index (χ2v) is 2.87. The molecule has 18 heavy (non-hydrogen) atoms. The maximum Gasteiger partial charge on any atom is 0.356 e. The number of pyridine rings is 1. The first-order valence-electron chi connectivity index (χ1n) is 5.40. The number of methoxy groups -OCH3 is 2. The number of esters is 2.